The molecular weight excluding hydrogens is 1890 g/mol. The topological polar surface area (TPSA) is 321 Å². The van der Waals surface area contributed by atoms with Gasteiger partial charge in [0.2, 0.25) is 35.4 Å². The number of carbonyl (C=O) groups excluding carboxylic acids is 9. The molecule has 0 spiro atoms. The monoisotopic (exact) mass is 2010 g/mol. The molecule has 27 nitrogen and oxygen atoms in total. The molecule has 3 N–H and O–H groups in total. The third kappa shape index (κ3) is 23.5. The van der Waals surface area contributed by atoms with Gasteiger partial charge in [0.05, 0.1) is 57.5 Å². The van der Waals surface area contributed by atoms with Crippen LogP contribution < -0.4 is 44.4 Å². The molecule has 135 heavy (non-hydrogen) atoms. The van der Waals surface area contributed by atoms with Crippen LogP contribution in [0.15, 0.2) is 54.6 Å². The van der Waals surface area contributed by atoms with Crippen molar-refractivity contribution in [3.63, 3.8) is 0 Å². The Kier molecular flexibility index (Phi) is 34.3. The summed E-state index contributed by atoms with van der Waals surface area (Å²) < 4.78 is 195. The second-order valence-corrected chi connectivity index (χ2v) is 40.0. The maximum absolute atomic E-state index is 16.1. The van der Waals surface area contributed by atoms with Crippen LogP contribution >= 0.6 is 0 Å². The van der Waals surface area contributed by atoms with E-state index in [1.54, 1.807) is 90.0 Å². The number of hydrogen-bond acceptors (Lipinski definition) is 21. The Hall–Kier alpha value is -8.96. The Balaban J connectivity index is 0.000000207. The van der Waals surface area contributed by atoms with Gasteiger partial charge >= 0.3 is 18.3 Å². The summed E-state index contributed by atoms with van der Waals surface area (Å²) in [4.78, 5) is 134. The van der Waals surface area contributed by atoms with Gasteiger partial charge in [-0.3, -0.25) is 14.4 Å². The summed E-state index contributed by atoms with van der Waals surface area (Å²) in [5.41, 5.74) is -5.82. The molecule has 6 aliphatic heterocycles. The number of pyridine rings is 3. The van der Waals surface area contributed by atoms with Crippen LogP contribution in [-0.4, -0.2) is 198 Å². The molecule has 9 heterocycles. The Morgan fingerprint density at radius 1 is 0.415 bits per heavy atom. The second kappa shape index (κ2) is 42.8. The van der Waals surface area contributed by atoms with E-state index in [0.717, 1.165) is 12.8 Å². The van der Waals surface area contributed by atoms with E-state index in [9.17, 15) is 43.2 Å². The first-order valence-corrected chi connectivity index (χ1v) is 45.2. The molecule has 3 radical (unpaired) electrons. The summed E-state index contributed by atoms with van der Waals surface area (Å²) in [6.45, 7) is 22.0. The van der Waals surface area contributed by atoms with Crippen LogP contribution in [0.25, 0.3) is 32.7 Å². The number of fused-ring (bicyclic) bond motifs is 15. The summed E-state index contributed by atoms with van der Waals surface area (Å²) >= 11 is 0. The van der Waals surface area contributed by atoms with E-state index in [1.807, 2.05) is 18.9 Å². The van der Waals surface area contributed by atoms with Crippen molar-refractivity contribution in [1.29, 1.82) is 0 Å². The molecule has 9 aliphatic rings. The van der Waals surface area contributed by atoms with Crippen LogP contribution in [0, 0.1) is 69.2 Å². The molecule has 0 unspecified atom stereocenters. The van der Waals surface area contributed by atoms with Gasteiger partial charge in [0, 0.05) is 115 Å². The van der Waals surface area contributed by atoms with Crippen LogP contribution in [0.2, 0.25) is 0 Å². The van der Waals surface area contributed by atoms with Crippen molar-refractivity contribution in [2.24, 2.45) is 51.8 Å². The molecule has 6 bridgehead atoms. The number of rotatable bonds is 6. The van der Waals surface area contributed by atoms with Crippen LogP contribution in [-0.2, 0) is 116 Å². The second-order valence-electron chi connectivity index (χ2n) is 40.0. The number of hydrogen-bond donors (Lipinski definition) is 3. The molecule has 18 atom stereocenters. The van der Waals surface area contributed by atoms with Crippen molar-refractivity contribution in [2.75, 3.05) is 41.0 Å². The summed E-state index contributed by atoms with van der Waals surface area (Å²) in [6.07, 6.45) is 4.20. The molecular formula is C96H117F9N9O18V3-3. The van der Waals surface area contributed by atoms with Crippen LogP contribution in [0.5, 0.6) is 34.9 Å². The average molecular weight is 2010 g/mol. The van der Waals surface area contributed by atoms with E-state index in [-0.39, 0.29) is 151 Å². The smallest absolute Gasteiger partial charge is 0.408 e. The minimum Gasteiger partial charge on any atom is -0.540 e. The molecule has 15 rings (SSSR count). The minimum absolute atomic E-state index is 0. The summed E-state index contributed by atoms with van der Waals surface area (Å²) in [6, 6.07) is 6.13. The van der Waals surface area contributed by atoms with Crippen LogP contribution in [0.4, 0.5) is 53.9 Å². The molecule has 6 fully saturated rings. The molecule has 3 saturated carbocycles. The standard InChI is InChI=1S/C33H41F3N3O6.C32H39F3N3O6.C31H37F3N3O6.3V/c1-18-23(17-40)39-16-25(18)44-29-26(27(34)21-13-12-20(43-5)15-22(21)37-29)33(35,36)14-7-6-9-19-10-8-11-24(19)45-31(42)38-28(30(39)41)32(2,3)4;1-17-22(16-39)38-15-23(17)43-27-24(25(33)20-11-10-19(42-6)13-21(20)36-27)32(34,35)12-8-7-9-18-14-31(18,5)44-29(41)37-26(28(38)40)30(2,3)4;1-16-21(15-38)37-14-23(16)42-27-24(25(32)19-10-9-18(41-5)13-20(19)35-27)31(33,34)11-7-6-8-17-12-22(17)43-29(40)36-26(28(37)39)30(2,3)4;;;/h12-13,15,18-19,23-25,28H,6-11,14,16H2,1-5H3,(H,38,42);10-11,13,17-18,22-23,26H,7-9,12,14-15H2,1-6H3,(H,37,41);9-10,13,16-17,21-23,26H,6-8,11-12,14H2,1-5H3,(H,36,40);;;/q3*-1;;;/t18-,19+,23+,24+,25-,28+;17-,18+,22+,23-,26+,31+;16-,17+,21+,22+,23-,26+;;;/m000.../s1. The Bertz CT molecular complexity index is 5360. The van der Waals surface area contributed by atoms with Crippen LogP contribution in [0.3, 0.4) is 0 Å². The number of alkyl carbamates (subject to hydrolysis) is 3. The molecule has 3 saturated heterocycles. The number of aromatic nitrogens is 3. The fraction of sp³-hybridized carbons (Fsp3) is 0.625. The van der Waals surface area contributed by atoms with Gasteiger partial charge in [0.25, 0.3) is 17.8 Å². The van der Waals surface area contributed by atoms with Crippen molar-refractivity contribution >= 4 is 87.6 Å². The van der Waals surface area contributed by atoms with E-state index in [1.165, 1.54) is 90.6 Å². The largest absolute Gasteiger partial charge is 0.540 e. The van der Waals surface area contributed by atoms with E-state index in [4.69, 9.17) is 42.6 Å². The van der Waals surface area contributed by atoms with Crippen molar-refractivity contribution < 1.29 is 181 Å². The van der Waals surface area contributed by atoms with Gasteiger partial charge in [0.1, 0.15) is 106 Å². The van der Waals surface area contributed by atoms with Crippen molar-refractivity contribution in [3.8, 4) is 34.9 Å². The third-order valence-electron chi connectivity index (χ3n) is 27.5. The van der Waals surface area contributed by atoms with Gasteiger partial charge in [-0.1, -0.05) is 120 Å². The number of nitrogens with zero attached hydrogens (tertiary/aromatic N) is 6. The first kappa shape index (κ1) is 108. The van der Waals surface area contributed by atoms with Gasteiger partial charge in [-0.25, -0.2) is 87.7 Å². The summed E-state index contributed by atoms with van der Waals surface area (Å²) in [5, 5.41) is 7.79. The average Bonchev–Trinajstić information content (AvgIpc) is 1.72. The molecule has 3 aromatic heterocycles. The third-order valence-corrected chi connectivity index (χ3v) is 27.5. The number of benzene rings is 3. The number of nitrogens with one attached hydrogen (secondary N) is 3. The predicted molar refractivity (Wildman–Crippen MR) is 464 cm³/mol. The maximum Gasteiger partial charge on any atom is 0.408 e. The normalized spacial score (nSPS) is 29.4. The zero-order valence-corrected chi connectivity index (χ0v) is 82.6. The van der Waals surface area contributed by atoms with Gasteiger partial charge in [-0.05, 0) is 160 Å². The molecule has 3 aliphatic carbocycles. The van der Waals surface area contributed by atoms with Crippen molar-refractivity contribution in [2.45, 2.75) is 289 Å². The number of carbonyl (C=O) groups is 6. The Morgan fingerprint density at radius 3 is 1.05 bits per heavy atom. The predicted octanol–water partition coefficient (Wildman–Crippen LogP) is 17.0. The Labute approximate surface area is 814 Å². The SMILES string of the molecule is COc1ccc2c(F)c3c(nc2c1)O[C@H]1CN(C(=O)[C@H](C(C)(C)C)NC(=O)O[C@@H]2CCC[C@H]2CCCCC3(F)F)[C@H]([C-]=O)[C@@H]1C.COc1ccc2c(F)c3c(nc2c1)O[C@H]1CN(C(=O)[C@H](C(C)(C)C)NC(=O)O[C@@H]2C[C@H]2CCCCC3(F)F)[C@H]([C-]=O)[C@@H]1C.COc1ccc2c(F)c3c(nc2c1)O[C@H]1CN(C(=O)[C@H](C(C)(C)C)NC(=O)O[C@]2(C)C[C@H]2CCCCC3(F)F)[C@H]([C-]=O)[C@@H]1C.[V].[V].[V]. The number of methoxy groups -OCH3 is 3. The van der Waals surface area contributed by atoms with Gasteiger partial charge in [-0.15, -0.1) is 0 Å². The van der Waals surface area contributed by atoms with Gasteiger partial charge in [0.15, 0.2) is 0 Å². The molecule has 3 aromatic carbocycles. The van der Waals surface area contributed by atoms with Gasteiger partial charge in [-0.2, -0.15) is 0 Å². The molecule has 6 aromatic rings. The summed E-state index contributed by atoms with van der Waals surface area (Å²) in [7, 11) is 4.26. The first-order valence-electron chi connectivity index (χ1n) is 45.2. The number of amides is 6. The zero-order valence-electron chi connectivity index (χ0n) is 78.4. The van der Waals surface area contributed by atoms with E-state index >= 15 is 39.5 Å². The minimum atomic E-state index is -3.64. The maximum atomic E-state index is 16.1. The molecule has 39 heteroatoms. The fourth-order valence-corrected chi connectivity index (χ4v) is 19.2. The quantitative estimate of drug-likeness (QED) is 0.0792. The summed E-state index contributed by atoms with van der Waals surface area (Å²) in [5.74, 6) is -19.0. The van der Waals surface area contributed by atoms with E-state index < -0.39 is 225 Å². The van der Waals surface area contributed by atoms with E-state index in [0.29, 0.717) is 75.0 Å². The fourth-order valence-electron chi connectivity index (χ4n) is 19.2. The van der Waals surface area contributed by atoms with Crippen LogP contribution in [0.1, 0.15) is 216 Å². The van der Waals surface area contributed by atoms with Gasteiger partial charge < -0.3 is 87.7 Å². The van der Waals surface area contributed by atoms with Crippen molar-refractivity contribution in [3.05, 3.63) is 88.7 Å². The number of ether oxygens (including phenoxy) is 9. The first-order chi connectivity index (χ1) is 62.1. The van der Waals surface area contributed by atoms with E-state index in [2.05, 4.69) is 30.9 Å². The Morgan fingerprint density at radius 2 is 0.726 bits per heavy atom. The number of halogens is 9. The zero-order chi connectivity index (χ0) is 96.1. The molecule has 6 amide bonds. The molecule has 735 valence electrons. The number of alkyl halides is 6. The van der Waals surface area contributed by atoms with Crippen molar-refractivity contribution in [1.82, 2.24) is 45.6 Å².